The van der Waals surface area contributed by atoms with E-state index in [4.69, 9.17) is 5.73 Å². The second-order valence-electron chi connectivity index (χ2n) is 5.25. The summed E-state index contributed by atoms with van der Waals surface area (Å²) in [6.07, 6.45) is 7.87. The average molecular weight is 240 g/mol. The number of carbonyl (C=O) groups excluding carboxylic acids is 1. The summed E-state index contributed by atoms with van der Waals surface area (Å²) < 4.78 is 0. The van der Waals surface area contributed by atoms with Crippen molar-refractivity contribution in [3.63, 3.8) is 0 Å². The molecule has 1 aliphatic rings. The number of hydrogen-bond acceptors (Lipinski definition) is 2. The Bertz CT molecular complexity index is 220. The highest BCUT2D eigenvalue weighted by Gasteiger charge is 2.36. The maximum absolute atomic E-state index is 12.6. The van der Waals surface area contributed by atoms with E-state index < -0.39 is 0 Å². The molecule has 0 spiro atoms. The Morgan fingerprint density at radius 1 is 1.06 bits per heavy atom. The summed E-state index contributed by atoms with van der Waals surface area (Å²) in [4.78, 5) is 14.7. The first-order chi connectivity index (χ1) is 8.20. The summed E-state index contributed by atoms with van der Waals surface area (Å²) in [5.41, 5.74) is 5.55. The number of amides is 1. The third-order valence-electron chi connectivity index (χ3n) is 4.34. The standard InChI is InChI=1S/C14H28N2O/c1-3-14(4-2,12-15)13(17)16-10-8-6-5-7-9-11-16/h3-12,15H2,1-2H3. The van der Waals surface area contributed by atoms with E-state index in [9.17, 15) is 4.79 Å². The van der Waals surface area contributed by atoms with Gasteiger partial charge in [-0.25, -0.2) is 0 Å². The van der Waals surface area contributed by atoms with E-state index in [0.29, 0.717) is 12.5 Å². The van der Waals surface area contributed by atoms with E-state index in [1.165, 1.54) is 19.3 Å². The van der Waals surface area contributed by atoms with Crippen LogP contribution in [0.5, 0.6) is 0 Å². The molecule has 0 aliphatic carbocycles. The minimum atomic E-state index is -0.306. The van der Waals surface area contributed by atoms with E-state index >= 15 is 0 Å². The van der Waals surface area contributed by atoms with Crippen molar-refractivity contribution >= 4 is 5.91 Å². The lowest BCUT2D eigenvalue weighted by molar-refractivity contribution is -0.142. The van der Waals surface area contributed by atoms with Gasteiger partial charge >= 0.3 is 0 Å². The Morgan fingerprint density at radius 3 is 1.94 bits per heavy atom. The Morgan fingerprint density at radius 2 is 1.53 bits per heavy atom. The van der Waals surface area contributed by atoms with Crippen LogP contribution in [0.1, 0.15) is 58.8 Å². The Hall–Kier alpha value is -0.570. The molecule has 1 fully saturated rings. The number of carbonyl (C=O) groups is 1. The van der Waals surface area contributed by atoms with Gasteiger partial charge in [-0.15, -0.1) is 0 Å². The predicted molar refractivity (Wildman–Crippen MR) is 71.7 cm³/mol. The lowest BCUT2D eigenvalue weighted by Gasteiger charge is -2.36. The second-order valence-corrected chi connectivity index (χ2v) is 5.25. The van der Waals surface area contributed by atoms with Gasteiger partial charge in [0.25, 0.3) is 0 Å². The van der Waals surface area contributed by atoms with Gasteiger partial charge in [0.2, 0.25) is 5.91 Å². The SMILES string of the molecule is CCC(CC)(CN)C(=O)N1CCCCCCC1. The van der Waals surface area contributed by atoms with Crippen LogP contribution in [0.4, 0.5) is 0 Å². The molecular formula is C14H28N2O. The Kier molecular flexibility index (Phi) is 5.96. The molecule has 0 aromatic rings. The van der Waals surface area contributed by atoms with Gasteiger partial charge in [-0.2, -0.15) is 0 Å². The maximum Gasteiger partial charge on any atom is 0.230 e. The molecule has 0 saturated carbocycles. The lowest BCUT2D eigenvalue weighted by Crippen LogP contribution is -2.48. The van der Waals surface area contributed by atoms with Crippen LogP contribution in [0.2, 0.25) is 0 Å². The number of nitrogens with zero attached hydrogens (tertiary/aromatic N) is 1. The molecule has 0 radical (unpaired) electrons. The first-order valence-electron chi connectivity index (χ1n) is 7.19. The third-order valence-corrected chi connectivity index (χ3v) is 4.34. The summed E-state index contributed by atoms with van der Waals surface area (Å²) >= 11 is 0. The Labute approximate surface area is 106 Å². The van der Waals surface area contributed by atoms with Crippen molar-refractivity contribution in [1.82, 2.24) is 4.90 Å². The molecule has 3 nitrogen and oxygen atoms in total. The van der Waals surface area contributed by atoms with Crippen molar-refractivity contribution in [2.75, 3.05) is 19.6 Å². The number of nitrogens with two attached hydrogens (primary N) is 1. The molecule has 0 aromatic carbocycles. The van der Waals surface area contributed by atoms with Gasteiger partial charge in [0.05, 0.1) is 5.41 Å². The second kappa shape index (κ2) is 7.00. The fourth-order valence-electron chi connectivity index (χ4n) is 2.71. The third kappa shape index (κ3) is 3.44. The molecular weight excluding hydrogens is 212 g/mol. The monoisotopic (exact) mass is 240 g/mol. The molecule has 1 saturated heterocycles. The molecule has 0 bridgehead atoms. The van der Waals surface area contributed by atoms with Crippen molar-refractivity contribution < 1.29 is 4.79 Å². The van der Waals surface area contributed by atoms with E-state index in [1.807, 2.05) is 0 Å². The zero-order valence-electron chi connectivity index (χ0n) is 11.5. The van der Waals surface area contributed by atoms with Gasteiger partial charge < -0.3 is 10.6 Å². The van der Waals surface area contributed by atoms with Gasteiger partial charge in [-0.05, 0) is 25.7 Å². The van der Waals surface area contributed by atoms with E-state index in [-0.39, 0.29) is 5.41 Å². The van der Waals surface area contributed by atoms with E-state index in [1.54, 1.807) is 0 Å². The van der Waals surface area contributed by atoms with E-state index in [2.05, 4.69) is 18.7 Å². The summed E-state index contributed by atoms with van der Waals surface area (Å²) in [5.74, 6) is 0.298. The molecule has 1 aliphatic heterocycles. The molecule has 0 aromatic heterocycles. The summed E-state index contributed by atoms with van der Waals surface area (Å²) in [6, 6.07) is 0. The van der Waals surface area contributed by atoms with Gasteiger partial charge in [0.15, 0.2) is 0 Å². The first kappa shape index (κ1) is 14.5. The van der Waals surface area contributed by atoms with Crippen LogP contribution in [-0.4, -0.2) is 30.4 Å². The van der Waals surface area contributed by atoms with Crippen LogP contribution in [0, 0.1) is 5.41 Å². The number of rotatable bonds is 4. The van der Waals surface area contributed by atoms with Crippen LogP contribution in [0.15, 0.2) is 0 Å². The number of hydrogen-bond donors (Lipinski definition) is 1. The van der Waals surface area contributed by atoms with Gasteiger partial charge in [-0.1, -0.05) is 33.1 Å². The first-order valence-corrected chi connectivity index (χ1v) is 7.19. The molecule has 1 heterocycles. The minimum Gasteiger partial charge on any atom is -0.342 e. The predicted octanol–water partition coefficient (Wildman–Crippen LogP) is 2.54. The van der Waals surface area contributed by atoms with E-state index in [0.717, 1.165) is 38.8 Å². The molecule has 3 heteroatoms. The van der Waals surface area contributed by atoms with Crippen molar-refractivity contribution in [2.45, 2.75) is 58.8 Å². The van der Waals surface area contributed by atoms with Crippen molar-refractivity contribution in [2.24, 2.45) is 11.1 Å². The molecule has 2 N–H and O–H groups in total. The van der Waals surface area contributed by atoms with Crippen molar-refractivity contribution in [1.29, 1.82) is 0 Å². The van der Waals surface area contributed by atoms with Gasteiger partial charge in [-0.3, -0.25) is 4.79 Å². The van der Waals surface area contributed by atoms with Gasteiger partial charge in [0, 0.05) is 19.6 Å². The largest absolute Gasteiger partial charge is 0.342 e. The summed E-state index contributed by atoms with van der Waals surface area (Å²) in [5, 5.41) is 0. The highest BCUT2D eigenvalue weighted by atomic mass is 16.2. The number of likely N-dealkylation sites (tertiary alicyclic amines) is 1. The summed E-state index contributed by atoms with van der Waals surface area (Å²) in [7, 11) is 0. The maximum atomic E-state index is 12.6. The highest BCUT2D eigenvalue weighted by molar-refractivity contribution is 5.83. The van der Waals surface area contributed by atoms with Crippen LogP contribution in [0.25, 0.3) is 0 Å². The molecule has 0 unspecified atom stereocenters. The average Bonchev–Trinajstić information content (AvgIpc) is 2.31. The molecule has 17 heavy (non-hydrogen) atoms. The van der Waals surface area contributed by atoms with Crippen LogP contribution in [-0.2, 0) is 4.79 Å². The highest BCUT2D eigenvalue weighted by Crippen LogP contribution is 2.28. The minimum absolute atomic E-state index is 0.298. The van der Waals surface area contributed by atoms with Gasteiger partial charge in [0.1, 0.15) is 0 Å². The topological polar surface area (TPSA) is 46.3 Å². The molecule has 100 valence electrons. The van der Waals surface area contributed by atoms with Crippen LogP contribution >= 0.6 is 0 Å². The van der Waals surface area contributed by atoms with Crippen molar-refractivity contribution in [3.05, 3.63) is 0 Å². The quantitative estimate of drug-likeness (QED) is 0.821. The van der Waals surface area contributed by atoms with Crippen LogP contribution < -0.4 is 5.73 Å². The zero-order valence-corrected chi connectivity index (χ0v) is 11.5. The zero-order chi connectivity index (χ0) is 12.7. The lowest BCUT2D eigenvalue weighted by atomic mass is 9.80. The smallest absolute Gasteiger partial charge is 0.230 e. The van der Waals surface area contributed by atoms with Crippen LogP contribution in [0.3, 0.4) is 0 Å². The fraction of sp³-hybridized carbons (Fsp3) is 0.929. The normalized spacial score (nSPS) is 18.6. The summed E-state index contributed by atoms with van der Waals surface area (Å²) in [6.45, 7) is 6.51. The molecule has 0 atom stereocenters. The molecule has 1 rings (SSSR count). The Balaban J connectivity index is 2.70. The van der Waals surface area contributed by atoms with Crippen molar-refractivity contribution in [3.8, 4) is 0 Å². The fourth-order valence-corrected chi connectivity index (χ4v) is 2.71. The molecule has 1 amide bonds.